The minimum absolute atomic E-state index is 0.0787. The summed E-state index contributed by atoms with van der Waals surface area (Å²) in [5.74, 6) is -0.537. The summed E-state index contributed by atoms with van der Waals surface area (Å²) >= 11 is 14.6. The highest BCUT2D eigenvalue weighted by molar-refractivity contribution is 9.10. The maximum atomic E-state index is 13.0. The van der Waals surface area contributed by atoms with E-state index in [0.29, 0.717) is 5.02 Å². The molecule has 0 fully saturated rings. The Morgan fingerprint density at radius 3 is 2.35 bits per heavy atom. The highest BCUT2D eigenvalue weighted by Crippen LogP contribution is 2.28. The molecule has 2 aromatic rings. The minimum atomic E-state index is -3.86. The number of anilines is 1. The van der Waals surface area contributed by atoms with E-state index in [9.17, 15) is 12.8 Å². The van der Waals surface area contributed by atoms with Crippen LogP contribution in [0.25, 0.3) is 0 Å². The number of rotatable bonds is 3. The van der Waals surface area contributed by atoms with Gasteiger partial charge in [-0.05, 0) is 52.3 Å². The normalized spacial score (nSPS) is 11.4. The van der Waals surface area contributed by atoms with Gasteiger partial charge in [0.05, 0.1) is 15.7 Å². The molecule has 0 bridgehead atoms. The number of halogens is 4. The molecular formula is C12H7BrCl2FNO2S. The maximum Gasteiger partial charge on any atom is 0.263 e. The summed E-state index contributed by atoms with van der Waals surface area (Å²) in [6.45, 7) is 0. The van der Waals surface area contributed by atoms with Crippen molar-refractivity contribution in [2.45, 2.75) is 4.90 Å². The fourth-order valence-electron chi connectivity index (χ4n) is 1.46. The lowest BCUT2D eigenvalue weighted by Gasteiger charge is -2.10. The molecule has 0 amide bonds. The number of hydrogen-bond acceptors (Lipinski definition) is 2. The maximum absolute atomic E-state index is 13.0. The van der Waals surface area contributed by atoms with Crippen LogP contribution in [-0.2, 0) is 10.0 Å². The van der Waals surface area contributed by atoms with Crippen molar-refractivity contribution in [3.63, 3.8) is 0 Å². The smallest absolute Gasteiger partial charge is 0.263 e. The Bertz CT molecular complexity index is 768. The van der Waals surface area contributed by atoms with Gasteiger partial charge in [0.2, 0.25) is 0 Å². The lowest BCUT2D eigenvalue weighted by atomic mass is 10.3. The largest absolute Gasteiger partial charge is 0.280 e. The van der Waals surface area contributed by atoms with E-state index in [1.165, 1.54) is 24.3 Å². The molecule has 3 nitrogen and oxygen atoms in total. The van der Waals surface area contributed by atoms with Gasteiger partial charge >= 0.3 is 0 Å². The van der Waals surface area contributed by atoms with Gasteiger partial charge in [-0.1, -0.05) is 23.2 Å². The van der Waals surface area contributed by atoms with Gasteiger partial charge in [-0.25, -0.2) is 12.8 Å². The molecule has 20 heavy (non-hydrogen) atoms. The zero-order valence-corrected chi connectivity index (χ0v) is 13.6. The van der Waals surface area contributed by atoms with E-state index in [-0.39, 0.29) is 20.1 Å². The molecule has 0 aromatic heterocycles. The van der Waals surface area contributed by atoms with Crippen LogP contribution >= 0.6 is 39.1 Å². The standard InChI is InChI=1S/C12H7BrCl2FNO2S/c13-9-5-7(16)1-4-12(9)20(18,19)17-8-2-3-10(14)11(15)6-8/h1-6,17H. The van der Waals surface area contributed by atoms with Crippen molar-refractivity contribution in [1.82, 2.24) is 0 Å². The van der Waals surface area contributed by atoms with Crippen molar-refractivity contribution in [1.29, 1.82) is 0 Å². The first-order valence-corrected chi connectivity index (χ1v) is 8.26. The summed E-state index contributed by atoms with van der Waals surface area (Å²) < 4.78 is 39.8. The monoisotopic (exact) mass is 397 g/mol. The molecule has 1 N–H and O–H groups in total. The molecule has 106 valence electrons. The van der Waals surface area contributed by atoms with Crippen LogP contribution in [0, 0.1) is 5.82 Å². The summed E-state index contributed by atoms with van der Waals surface area (Å²) in [6, 6.07) is 7.64. The SMILES string of the molecule is O=S(=O)(Nc1ccc(Cl)c(Cl)c1)c1ccc(F)cc1Br. The second kappa shape index (κ2) is 5.89. The van der Waals surface area contributed by atoms with Crippen molar-refractivity contribution in [3.05, 3.63) is 56.7 Å². The Morgan fingerprint density at radius 2 is 1.75 bits per heavy atom. The van der Waals surface area contributed by atoms with Crippen LogP contribution in [0.2, 0.25) is 10.0 Å². The van der Waals surface area contributed by atoms with Crippen LogP contribution in [0.1, 0.15) is 0 Å². The van der Waals surface area contributed by atoms with Gasteiger partial charge in [-0.15, -0.1) is 0 Å². The lowest BCUT2D eigenvalue weighted by Crippen LogP contribution is -2.13. The Morgan fingerprint density at radius 1 is 1.05 bits per heavy atom. The van der Waals surface area contributed by atoms with E-state index in [1.807, 2.05) is 0 Å². The van der Waals surface area contributed by atoms with Gasteiger partial charge in [0, 0.05) is 4.47 Å². The van der Waals surface area contributed by atoms with E-state index in [1.54, 1.807) is 0 Å². The number of sulfonamides is 1. The van der Waals surface area contributed by atoms with E-state index in [2.05, 4.69) is 20.7 Å². The second-order valence-electron chi connectivity index (χ2n) is 3.81. The Hall–Kier alpha value is -0.820. The third kappa shape index (κ3) is 3.44. The summed E-state index contributed by atoms with van der Waals surface area (Å²) in [4.78, 5) is -0.0787. The van der Waals surface area contributed by atoms with Gasteiger partial charge in [0.1, 0.15) is 10.7 Å². The summed E-state index contributed by atoms with van der Waals surface area (Å²) in [6.07, 6.45) is 0. The van der Waals surface area contributed by atoms with Crippen LogP contribution < -0.4 is 4.72 Å². The minimum Gasteiger partial charge on any atom is -0.280 e. The van der Waals surface area contributed by atoms with E-state index < -0.39 is 15.8 Å². The molecule has 0 aliphatic rings. The predicted molar refractivity (Wildman–Crippen MR) is 81.4 cm³/mol. The van der Waals surface area contributed by atoms with Crippen LogP contribution in [0.15, 0.2) is 45.8 Å². The number of benzene rings is 2. The van der Waals surface area contributed by atoms with Crippen molar-refractivity contribution in [2.24, 2.45) is 0 Å². The molecule has 0 radical (unpaired) electrons. The van der Waals surface area contributed by atoms with Crippen molar-refractivity contribution in [2.75, 3.05) is 4.72 Å². The third-order valence-corrected chi connectivity index (χ3v) is 5.45. The molecule has 0 spiro atoms. The molecule has 0 saturated heterocycles. The summed E-state index contributed by atoms with van der Waals surface area (Å²) in [5.41, 5.74) is 0.260. The molecule has 2 aromatic carbocycles. The molecular weight excluding hydrogens is 392 g/mol. The zero-order valence-electron chi connectivity index (χ0n) is 9.70. The quantitative estimate of drug-likeness (QED) is 0.814. The molecule has 0 unspecified atom stereocenters. The van der Waals surface area contributed by atoms with E-state index in [4.69, 9.17) is 23.2 Å². The highest BCUT2D eigenvalue weighted by Gasteiger charge is 2.18. The average Bonchev–Trinajstić information content (AvgIpc) is 2.33. The average molecular weight is 399 g/mol. The van der Waals surface area contributed by atoms with Crippen LogP contribution in [-0.4, -0.2) is 8.42 Å². The lowest BCUT2D eigenvalue weighted by molar-refractivity contribution is 0.599. The van der Waals surface area contributed by atoms with Crippen molar-refractivity contribution >= 4 is 54.8 Å². The van der Waals surface area contributed by atoms with Gasteiger partial charge in [-0.2, -0.15) is 0 Å². The van der Waals surface area contributed by atoms with Crippen LogP contribution in [0.5, 0.6) is 0 Å². The fourth-order valence-corrected chi connectivity index (χ4v) is 3.86. The first-order chi connectivity index (χ1) is 9.29. The second-order valence-corrected chi connectivity index (χ2v) is 7.13. The zero-order chi connectivity index (χ0) is 14.9. The van der Waals surface area contributed by atoms with Crippen LogP contribution in [0.3, 0.4) is 0 Å². The summed E-state index contributed by atoms with van der Waals surface area (Å²) in [7, 11) is -3.86. The molecule has 0 heterocycles. The Kier molecular flexibility index (Phi) is 4.59. The van der Waals surface area contributed by atoms with Crippen molar-refractivity contribution < 1.29 is 12.8 Å². The van der Waals surface area contributed by atoms with E-state index >= 15 is 0 Å². The topological polar surface area (TPSA) is 46.2 Å². The molecule has 8 heteroatoms. The van der Waals surface area contributed by atoms with Crippen LogP contribution in [0.4, 0.5) is 10.1 Å². The van der Waals surface area contributed by atoms with Gasteiger partial charge < -0.3 is 0 Å². The number of nitrogens with one attached hydrogen (secondary N) is 1. The van der Waals surface area contributed by atoms with Gasteiger partial charge in [-0.3, -0.25) is 4.72 Å². The fraction of sp³-hybridized carbons (Fsp3) is 0. The highest BCUT2D eigenvalue weighted by atomic mass is 79.9. The third-order valence-electron chi connectivity index (χ3n) is 2.36. The molecule has 0 atom stereocenters. The Balaban J connectivity index is 2.38. The van der Waals surface area contributed by atoms with E-state index in [0.717, 1.165) is 12.1 Å². The summed E-state index contributed by atoms with van der Waals surface area (Å²) in [5, 5.41) is 0.544. The van der Waals surface area contributed by atoms with Gasteiger partial charge in [0.25, 0.3) is 10.0 Å². The van der Waals surface area contributed by atoms with Crippen molar-refractivity contribution in [3.8, 4) is 0 Å². The molecule has 0 saturated carbocycles. The number of hydrogen-bond donors (Lipinski definition) is 1. The molecule has 0 aliphatic carbocycles. The predicted octanol–water partition coefficient (Wildman–Crippen LogP) is 4.70. The first-order valence-electron chi connectivity index (χ1n) is 5.22. The first kappa shape index (κ1) is 15.6. The van der Waals surface area contributed by atoms with Gasteiger partial charge in [0.15, 0.2) is 0 Å². The Labute approximate surface area is 133 Å². The molecule has 2 rings (SSSR count). The molecule has 0 aliphatic heterocycles.